The Bertz CT molecular complexity index is 656. The molecule has 0 radical (unpaired) electrons. The van der Waals surface area contributed by atoms with Crippen LogP contribution in [0.25, 0.3) is 0 Å². The first kappa shape index (κ1) is 19.1. The van der Waals surface area contributed by atoms with Crippen molar-refractivity contribution in [3.8, 4) is 0 Å². The van der Waals surface area contributed by atoms with Crippen molar-refractivity contribution < 1.29 is 33.0 Å². The molecule has 0 spiro atoms. The largest absolute Gasteiger partial charge is 0.465 e. The molecule has 0 aromatic heterocycles. The summed E-state index contributed by atoms with van der Waals surface area (Å²) in [4.78, 5) is 35.0. The fourth-order valence-electron chi connectivity index (χ4n) is 1.67. The van der Waals surface area contributed by atoms with E-state index in [-0.39, 0.29) is 30.2 Å². The van der Waals surface area contributed by atoms with E-state index in [1.54, 1.807) is 13.8 Å². The summed E-state index contributed by atoms with van der Waals surface area (Å²) in [6, 6.07) is 3.41. The van der Waals surface area contributed by atoms with E-state index >= 15 is 0 Å². The van der Waals surface area contributed by atoms with Crippen LogP contribution in [0, 0.1) is 5.82 Å². The smallest absolute Gasteiger partial charge is 0.355 e. The molecule has 0 saturated heterocycles. The Kier molecular flexibility index (Phi) is 7.41. The van der Waals surface area contributed by atoms with E-state index < -0.39 is 23.7 Å². The van der Waals surface area contributed by atoms with Crippen LogP contribution in [0.2, 0.25) is 0 Å². The minimum absolute atomic E-state index is 0.0609. The molecule has 0 amide bonds. The highest BCUT2D eigenvalue weighted by atomic mass is 19.1. The van der Waals surface area contributed by atoms with Crippen molar-refractivity contribution in [3.63, 3.8) is 0 Å². The Hall–Kier alpha value is -2.90. The van der Waals surface area contributed by atoms with Gasteiger partial charge in [-0.1, -0.05) is 0 Å². The van der Waals surface area contributed by atoms with E-state index in [1.165, 1.54) is 13.2 Å². The van der Waals surface area contributed by atoms with Crippen LogP contribution < -0.4 is 5.32 Å². The molecule has 0 aliphatic heterocycles. The van der Waals surface area contributed by atoms with Gasteiger partial charge in [-0.05, 0) is 32.0 Å². The standard InChI is InChI=1S/C16H18FNO6/c1-4-23-14(19)9-13(16(21)24-5-2)18-12-8-10(15(20)22-3)6-7-11(12)17/h6-9,18H,4-5H2,1-3H3/b13-9+. The molecule has 0 saturated carbocycles. The molecule has 0 aliphatic rings. The van der Waals surface area contributed by atoms with Crippen molar-refractivity contribution in [2.75, 3.05) is 25.6 Å². The van der Waals surface area contributed by atoms with Crippen molar-refractivity contribution >= 4 is 23.6 Å². The number of anilines is 1. The second-order valence-electron chi connectivity index (χ2n) is 4.34. The molecule has 1 aromatic rings. The zero-order valence-corrected chi connectivity index (χ0v) is 13.6. The van der Waals surface area contributed by atoms with Gasteiger partial charge in [-0.25, -0.2) is 18.8 Å². The highest BCUT2D eigenvalue weighted by molar-refractivity contribution is 5.99. The van der Waals surface area contributed by atoms with Gasteiger partial charge >= 0.3 is 17.9 Å². The van der Waals surface area contributed by atoms with E-state index in [0.717, 1.165) is 18.2 Å². The van der Waals surface area contributed by atoms with E-state index in [4.69, 9.17) is 9.47 Å². The first-order chi connectivity index (χ1) is 11.4. The number of hydrogen-bond donors (Lipinski definition) is 1. The molecule has 0 atom stereocenters. The lowest BCUT2D eigenvalue weighted by atomic mass is 10.2. The van der Waals surface area contributed by atoms with Crippen molar-refractivity contribution in [2.24, 2.45) is 0 Å². The number of hydrogen-bond acceptors (Lipinski definition) is 7. The summed E-state index contributed by atoms with van der Waals surface area (Å²) in [5, 5.41) is 2.44. The zero-order valence-electron chi connectivity index (χ0n) is 13.6. The maximum atomic E-state index is 13.9. The third-order valence-corrected chi connectivity index (χ3v) is 2.70. The molecule has 0 bridgehead atoms. The number of benzene rings is 1. The lowest BCUT2D eigenvalue weighted by Crippen LogP contribution is -2.18. The van der Waals surface area contributed by atoms with E-state index in [9.17, 15) is 18.8 Å². The average molecular weight is 339 g/mol. The molecule has 1 aromatic carbocycles. The minimum atomic E-state index is -0.867. The molecular weight excluding hydrogens is 321 g/mol. The van der Waals surface area contributed by atoms with Gasteiger partial charge in [-0.15, -0.1) is 0 Å². The Labute approximate surface area is 138 Å². The summed E-state index contributed by atoms with van der Waals surface area (Å²) in [6.45, 7) is 3.35. The van der Waals surface area contributed by atoms with E-state index in [1.807, 2.05) is 0 Å². The molecule has 0 unspecified atom stereocenters. The van der Waals surface area contributed by atoms with Crippen LogP contribution in [0.3, 0.4) is 0 Å². The van der Waals surface area contributed by atoms with Crippen LogP contribution in [0.1, 0.15) is 24.2 Å². The number of nitrogens with one attached hydrogen (secondary N) is 1. The highest BCUT2D eigenvalue weighted by Crippen LogP contribution is 2.19. The van der Waals surface area contributed by atoms with Crippen LogP contribution in [-0.2, 0) is 23.8 Å². The fourth-order valence-corrected chi connectivity index (χ4v) is 1.67. The van der Waals surface area contributed by atoms with Gasteiger partial charge < -0.3 is 19.5 Å². The van der Waals surface area contributed by atoms with E-state index in [2.05, 4.69) is 10.1 Å². The second-order valence-corrected chi connectivity index (χ2v) is 4.34. The molecule has 130 valence electrons. The predicted octanol–water partition coefficient (Wildman–Crippen LogP) is 2.03. The van der Waals surface area contributed by atoms with Gasteiger partial charge in [0.25, 0.3) is 0 Å². The van der Waals surface area contributed by atoms with Gasteiger partial charge in [0.05, 0.1) is 37.7 Å². The van der Waals surface area contributed by atoms with Gasteiger partial charge in [-0.3, -0.25) is 0 Å². The summed E-state index contributed by atoms with van der Waals surface area (Å²) in [5.41, 5.74) is -0.446. The number of halogens is 1. The van der Waals surface area contributed by atoms with Crippen LogP contribution in [-0.4, -0.2) is 38.2 Å². The van der Waals surface area contributed by atoms with Gasteiger partial charge in [0.15, 0.2) is 0 Å². The van der Waals surface area contributed by atoms with E-state index in [0.29, 0.717) is 0 Å². The summed E-state index contributed by atoms with van der Waals surface area (Å²) < 4.78 is 28.0. The maximum absolute atomic E-state index is 13.9. The summed E-state index contributed by atoms with van der Waals surface area (Å²) in [6.07, 6.45) is 0.853. The number of methoxy groups -OCH3 is 1. The van der Waals surface area contributed by atoms with Crippen molar-refractivity contribution in [3.05, 3.63) is 41.4 Å². The molecule has 1 rings (SSSR count). The van der Waals surface area contributed by atoms with Gasteiger partial charge in [0, 0.05) is 0 Å². The molecule has 0 aliphatic carbocycles. The predicted molar refractivity (Wildman–Crippen MR) is 82.7 cm³/mol. The summed E-state index contributed by atoms with van der Waals surface area (Å²) >= 11 is 0. The first-order valence-corrected chi connectivity index (χ1v) is 7.13. The molecule has 8 heteroatoms. The Morgan fingerprint density at radius 1 is 1.17 bits per heavy atom. The Morgan fingerprint density at radius 2 is 1.83 bits per heavy atom. The normalized spacial score (nSPS) is 10.8. The number of ether oxygens (including phenoxy) is 3. The monoisotopic (exact) mass is 339 g/mol. The summed E-state index contributed by atoms with van der Waals surface area (Å²) in [5.74, 6) is -3.07. The minimum Gasteiger partial charge on any atom is -0.465 e. The van der Waals surface area contributed by atoms with Gasteiger partial charge in [0.1, 0.15) is 11.5 Å². The van der Waals surface area contributed by atoms with Crippen LogP contribution in [0.15, 0.2) is 30.0 Å². The number of carbonyl (C=O) groups excluding carboxylic acids is 3. The van der Waals surface area contributed by atoms with Gasteiger partial charge in [0.2, 0.25) is 0 Å². The van der Waals surface area contributed by atoms with Crippen LogP contribution in [0.5, 0.6) is 0 Å². The molecule has 0 heterocycles. The summed E-state index contributed by atoms with van der Waals surface area (Å²) in [7, 11) is 1.18. The molecule has 7 nitrogen and oxygen atoms in total. The molecular formula is C16H18FNO6. The zero-order chi connectivity index (χ0) is 18.1. The topological polar surface area (TPSA) is 90.9 Å². The lowest BCUT2D eigenvalue weighted by Gasteiger charge is -2.12. The van der Waals surface area contributed by atoms with Crippen molar-refractivity contribution in [1.29, 1.82) is 0 Å². The van der Waals surface area contributed by atoms with Crippen molar-refractivity contribution in [2.45, 2.75) is 13.8 Å². The highest BCUT2D eigenvalue weighted by Gasteiger charge is 2.17. The molecule has 24 heavy (non-hydrogen) atoms. The van der Waals surface area contributed by atoms with Crippen LogP contribution in [0.4, 0.5) is 10.1 Å². The maximum Gasteiger partial charge on any atom is 0.355 e. The second kappa shape index (κ2) is 9.29. The Balaban J connectivity index is 3.16. The number of carbonyl (C=O) groups is 3. The lowest BCUT2D eigenvalue weighted by molar-refractivity contribution is -0.140. The third kappa shape index (κ3) is 5.38. The van der Waals surface area contributed by atoms with Crippen LogP contribution >= 0.6 is 0 Å². The fraction of sp³-hybridized carbons (Fsp3) is 0.312. The van der Waals surface area contributed by atoms with Crippen molar-refractivity contribution in [1.82, 2.24) is 0 Å². The third-order valence-electron chi connectivity index (χ3n) is 2.70. The SMILES string of the molecule is CCOC(=O)/C=C(/Nc1cc(C(=O)OC)ccc1F)C(=O)OCC. The Morgan fingerprint density at radius 3 is 2.42 bits per heavy atom. The average Bonchev–Trinajstić information content (AvgIpc) is 2.55. The quantitative estimate of drug-likeness (QED) is 0.462. The van der Waals surface area contributed by atoms with Gasteiger partial charge in [-0.2, -0.15) is 0 Å². The molecule has 0 fully saturated rings. The number of rotatable bonds is 7. The first-order valence-electron chi connectivity index (χ1n) is 7.13. The molecule has 1 N–H and O–H groups in total. The number of esters is 3.